The fourth-order valence-corrected chi connectivity index (χ4v) is 4.25. The third kappa shape index (κ3) is 2.45. The molecule has 2 aromatic heterocycles. The highest BCUT2D eigenvalue weighted by Gasteiger charge is 2.18. The van der Waals surface area contributed by atoms with Crippen LogP contribution in [0.15, 0.2) is 72.8 Å². The molecule has 0 bridgehead atoms. The van der Waals surface area contributed by atoms with Gasteiger partial charge in [-0.25, -0.2) is 0 Å². The molecule has 0 aliphatic heterocycles. The summed E-state index contributed by atoms with van der Waals surface area (Å²) in [5, 5.41) is 3.70. The maximum absolute atomic E-state index is 4.89. The fourth-order valence-electron chi connectivity index (χ4n) is 4.25. The zero-order valence-electron chi connectivity index (χ0n) is 16.8. The van der Waals surface area contributed by atoms with E-state index in [1.165, 1.54) is 38.4 Å². The number of aryl methyl sites for hydroxylation is 1. The molecule has 0 radical (unpaired) electrons. The smallest absolute Gasteiger partial charge is 0.0726 e. The summed E-state index contributed by atoms with van der Waals surface area (Å²) in [5.74, 6) is 0. The first kappa shape index (κ1) is 17.0. The molecule has 0 aliphatic carbocycles. The maximum atomic E-state index is 4.89. The molecule has 5 aromatic rings. The van der Waals surface area contributed by atoms with Crippen molar-refractivity contribution in [3.05, 3.63) is 84.1 Å². The molecule has 3 aromatic carbocycles. The summed E-state index contributed by atoms with van der Waals surface area (Å²) in [6, 6.07) is 26.1. The summed E-state index contributed by atoms with van der Waals surface area (Å²) >= 11 is 0. The normalized spacial score (nSPS) is 12.3. The maximum Gasteiger partial charge on any atom is 0.0726 e. The highest BCUT2D eigenvalue weighted by atomic mass is 15.0. The van der Waals surface area contributed by atoms with Gasteiger partial charge in [0.25, 0.3) is 0 Å². The van der Waals surface area contributed by atoms with Crippen molar-refractivity contribution in [2.75, 3.05) is 0 Å². The van der Waals surface area contributed by atoms with E-state index in [4.69, 9.17) is 4.98 Å². The number of rotatable bonds is 1. The number of benzene rings is 3. The van der Waals surface area contributed by atoms with Crippen LogP contribution < -0.4 is 0 Å². The molecule has 2 heteroatoms. The van der Waals surface area contributed by atoms with Crippen LogP contribution in [-0.4, -0.2) is 9.55 Å². The number of pyridine rings is 1. The number of hydrogen-bond donors (Lipinski definition) is 0. The minimum atomic E-state index is 0.145. The third-order valence-electron chi connectivity index (χ3n) is 5.68. The number of para-hydroxylation sites is 2. The molecule has 2 heterocycles. The zero-order valence-corrected chi connectivity index (χ0v) is 16.8. The number of aromatic nitrogens is 2. The van der Waals surface area contributed by atoms with Gasteiger partial charge in [-0.1, -0.05) is 69.3 Å². The van der Waals surface area contributed by atoms with E-state index < -0.39 is 0 Å². The second-order valence-electron chi connectivity index (χ2n) is 8.59. The van der Waals surface area contributed by atoms with Crippen LogP contribution in [0.5, 0.6) is 0 Å². The monoisotopic (exact) mass is 364 g/mol. The van der Waals surface area contributed by atoms with Crippen molar-refractivity contribution in [3.8, 4) is 5.69 Å². The molecule has 0 atom stereocenters. The van der Waals surface area contributed by atoms with Crippen LogP contribution in [0.4, 0.5) is 0 Å². The Kier molecular flexibility index (Phi) is 3.60. The third-order valence-corrected chi connectivity index (χ3v) is 5.68. The van der Waals surface area contributed by atoms with Crippen LogP contribution in [0.3, 0.4) is 0 Å². The van der Waals surface area contributed by atoms with Crippen LogP contribution >= 0.6 is 0 Å². The first-order chi connectivity index (χ1) is 13.4. The molecule has 5 rings (SSSR count). The highest BCUT2D eigenvalue weighted by Crippen LogP contribution is 2.37. The summed E-state index contributed by atoms with van der Waals surface area (Å²) in [6.07, 6.45) is 0. The molecule has 0 saturated carbocycles. The Morgan fingerprint density at radius 2 is 1.39 bits per heavy atom. The van der Waals surface area contributed by atoms with Gasteiger partial charge in [0, 0.05) is 27.5 Å². The predicted octanol–water partition coefficient (Wildman–Crippen LogP) is 6.94. The highest BCUT2D eigenvalue weighted by molar-refractivity contribution is 6.18. The van der Waals surface area contributed by atoms with Crippen molar-refractivity contribution < 1.29 is 0 Å². The van der Waals surface area contributed by atoms with Crippen molar-refractivity contribution in [1.82, 2.24) is 9.55 Å². The van der Waals surface area contributed by atoms with Crippen LogP contribution in [-0.2, 0) is 5.41 Å². The van der Waals surface area contributed by atoms with E-state index in [0.717, 1.165) is 11.2 Å². The van der Waals surface area contributed by atoms with E-state index >= 15 is 0 Å². The molecule has 28 heavy (non-hydrogen) atoms. The lowest BCUT2D eigenvalue weighted by Gasteiger charge is -2.19. The Bertz CT molecular complexity index is 1330. The van der Waals surface area contributed by atoms with E-state index in [0.29, 0.717) is 0 Å². The van der Waals surface area contributed by atoms with Gasteiger partial charge in [0.2, 0.25) is 0 Å². The van der Waals surface area contributed by atoms with Crippen molar-refractivity contribution in [1.29, 1.82) is 0 Å². The van der Waals surface area contributed by atoms with Gasteiger partial charge in [0.1, 0.15) is 0 Å². The average Bonchev–Trinajstić information content (AvgIpc) is 3.03. The van der Waals surface area contributed by atoms with Crippen LogP contribution in [0.2, 0.25) is 0 Å². The number of nitrogens with zero attached hydrogens (tertiary/aromatic N) is 2. The van der Waals surface area contributed by atoms with Gasteiger partial charge in [0.15, 0.2) is 0 Å². The lowest BCUT2D eigenvalue weighted by atomic mass is 9.87. The molecule has 0 N–H and O–H groups in total. The minimum absolute atomic E-state index is 0.145. The molecule has 0 spiro atoms. The number of fused-ring (bicyclic) bond motifs is 5. The van der Waals surface area contributed by atoms with E-state index in [2.05, 4.69) is 105 Å². The molecular weight excluding hydrogens is 340 g/mol. The molecule has 138 valence electrons. The van der Waals surface area contributed by atoms with Crippen molar-refractivity contribution in [2.24, 2.45) is 0 Å². The first-order valence-electron chi connectivity index (χ1n) is 9.84. The van der Waals surface area contributed by atoms with E-state index in [1.54, 1.807) is 0 Å². The van der Waals surface area contributed by atoms with Gasteiger partial charge in [-0.05, 0) is 42.2 Å². The van der Waals surface area contributed by atoms with Gasteiger partial charge < -0.3 is 4.57 Å². The van der Waals surface area contributed by atoms with Crippen molar-refractivity contribution >= 4 is 32.7 Å². The molecule has 0 saturated heterocycles. The summed E-state index contributed by atoms with van der Waals surface area (Å²) in [7, 11) is 0. The van der Waals surface area contributed by atoms with Crippen molar-refractivity contribution in [3.63, 3.8) is 0 Å². The van der Waals surface area contributed by atoms with E-state index in [9.17, 15) is 0 Å². The Hall–Kier alpha value is -3.13. The summed E-state index contributed by atoms with van der Waals surface area (Å²) in [6.45, 7) is 8.88. The predicted molar refractivity (Wildman–Crippen MR) is 120 cm³/mol. The molecule has 0 unspecified atom stereocenters. The van der Waals surface area contributed by atoms with Gasteiger partial charge in [-0.2, -0.15) is 0 Å². The Morgan fingerprint density at radius 3 is 2.11 bits per heavy atom. The first-order valence-corrected chi connectivity index (χ1v) is 9.84. The van der Waals surface area contributed by atoms with Crippen molar-refractivity contribution in [2.45, 2.75) is 33.1 Å². The van der Waals surface area contributed by atoms with Crippen LogP contribution in [0, 0.1) is 6.92 Å². The minimum Gasteiger partial charge on any atom is -0.308 e. The SMILES string of the molecule is Cc1nc2ccccc2c2c1c1ccccc1n2-c1ccc(C(C)(C)C)cc1. The second kappa shape index (κ2) is 5.93. The largest absolute Gasteiger partial charge is 0.308 e. The Morgan fingerprint density at radius 1 is 0.750 bits per heavy atom. The van der Waals surface area contributed by atoms with Crippen LogP contribution in [0.1, 0.15) is 32.0 Å². The quantitative estimate of drug-likeness (QED) is 0.315. The fraction of sp³-hybridized carbons (Fsp3) is 0.192. The Labute approximate surface area is 165 Å². The Balaban J connectivity index is 1.94. The molecule has 0 fully saturated rings. The zero-order chi connectivity index (χ0) is 19.5. The average molecular weight is 364 g/mol. The molecule has 0 amide bonds. The van der Waals surface area contributed by atoms with Crippen LogP contribution in [0.25, 0.3) is 38.4 Å². The van der Waals surface area contributed by atoms with E-state index in [-0.39, 0.29) is 5.41 Å². The lowest BCUT2D eigenvalue weighted by Crippen LogP contribution is -2.10. The summed E-state index contributed by atoms with van der Waals surface area (Å²) < 4.78 is 2.40. The van der Waals surface area contributed by atoms with Gasteiger partial charge in [-0.15, -0.1) is 0 Å². The van der Waals surface area contributed by atoms with Gasteiger partial charge >= 0.3 is 0 Å². The second-order valence-corrected chi connectivity index (χ2v) is 8.59. The topological polar surface area (TPSA) is 17.8 Å². The number of hydrogen-bond acceptors (Lipinski definition) is 1. The van der Waals surface area contributed by atoms with E-state index in [1.807, 2.05) is 0 Å². The summed E-state index contributed by atoms with van der Waals surface area (Å²) in [4.78, 5) is 4.89. The van der Waals surface area contributed by atoms with Gasteiger partial charge in [0.05, 0.1) is 16.6 Å². The lowest BCUT2D eigenvalue weighted by molar-refractivity contribution is 0.590. The standard InChI is InChI=1S/C26H24N2/c1-17-24-21-10-6-8-12-23(21)28(19-15-13-18(14-16-19)26(2,3)4)25(24)20-9-5-7-11-22(20)27-17/h5-16H,1-4H3. The molecular formula is C26H24N2. The summed E-state index contributed by atoms with van der Waals surface area (Å²) in [5.41, 5.74) is 7.27. The van der Waals surface area contributed by atoms with Gasteiger partial charge in [-0.3, -0.25) is 4.98 Å². The molecule has 0 aliphatic rings. The molecule has 2 nitrogen and oxygen atoms in total.